The molecule has 3 nitrogen and oxygen atoms in total. The summed E-state index contributed by atoms with van der Waals surface area (Å²) in [5.74, 6) is 1.48. The van der Waals surface area contributed by atoms with Crippen LogP contribution in [0.25, 0.3) is 11.1 Å². The second-order valence-electron chi connectivity index (χ2n) is 4.13. The SMILES string of the molecule is NCCc1cccc2nc(C3CC3)oc12. The van der Waals surface area contributed by atoms with Gasteiger partial charge >= 0.3 is 0 Å². The summed E-state index contributed by atoms with van der Waals surface area (Å²) in [6.07, 6.45) is 3.30. The molecule has 0 aliphatic heterocycles. The van der Waals surface area contributed by atoms with Crippen LogP contribution in [0.3, 0.4) is 0 Å². The van der Waals surface area contributed by atoms with E-state index in [1.54, 1.807) is 0 Å². The number of aromatic nitrogens is 1. The molecule has 1 aromatic carbocycles. The topological polar surface area (TPSA) is 52.0 Å². The number of nitrogens with zero attached hydrogens (tertiary/aromatic N) is 1. The number of nitrogens with two attached hydrogens (primary N) is 1. The van der Waals surface area contributed by atoms with Crippen LogP contribution < -0.4 is 5.73 Å². The molecule has 0 bridgehead atoms. The van der Waals surface area contributed by atoms with Gasteiger partial charge in [-0.05, 0) is 37.4 Å². The summed E-state index contributed by atoms with van der Waals surface area (Å²) < 4.78 is 5.81. The van der Waals surface area contributed by atoms with Crippen molar-refractivity contribution in [3.05, 3.63) is 29.7 Å². The highest BCUT2D eigenvalue weighted by molar-refractivity contribution is 5.76. The van der Waals surface area contributed by atoms with Gasteiger partial charge in [0.25, 0.3) is 0 Å². The Morgan fingerprint density at radius 1 is 1.40 bits per heavy atom. The molecular formula is C12H14N2O. The molecule has 0 spiro atoms. The second kappa shape index (κ2) is 3.35. The lowest BCUT2D eigenvalue weighted by atomic mass is 10.1. The van der Waals surface area contributed by atoms with Gasteiger partial charge in [0.2, 0.25) is 0 Å². The highest BCUT2D eigenvalue weighted by Crippen LogP contribution is 2.40. The number of fused-ring (bicyclic) bond motifs is 1. The fourth-order valence-electron chi connectivity index (χ4n) is 1.88. The van der Waals surface area contributed by atoms with Crippen molar-refractivity contribution in [2.75, 3.05) is 6.54 Å². The van der Waals surface area contributed by atoms with E-state index in [-0.39, 0.29) is 0 Å². The maximum absolute atomic E-state index is 5.81. The minimum atomic E-state index is 0.572. The Hall–Kier alpha value is -1.35. The van der Waals surface area contributed by atoms with E-state index in [2.05, 4.69) is 11.1 Å². The van der Waals surface area contributed by atoms with Gasteiger partial charge in [0.15, 0.2) is 11.5 Å². The van der Waals surface area contributed by atoms with Crippen LogP contribution in [0.2, 0.25) is 0 Å². The number of para-hydroxylation sites is 1. The van der Waals surface area contributed by atoms with E-state index in [1.165, 1.54) is 18.4 Å². The Kier molecular flexibility index (Phi) is 1.99. The molecule has 0 unspecified atom stereocenters. The third-order valence-corrected chi connectivity index (χ3v) is 2.85. The van der Waals surface area contributed by atoms with Gasteiger partial charge in [-0.3, -0.25) is 0 Å². The van der Waals surface area contributed by atoms with Crippen molar-refractivity contribution >= 4 is 11.1 Å². The van der Waals surface area contributed by atoms with Crippen molar-refractivity contribution < 1.29 is 4.42 Å². The van der Waals surface area contributed by atoms with E-state index >= 15 is 0 Å². The molecule has 0 amide bonds. The lowest BCUT2D eigenvalue weighted by molar-refractivity contribution is 0.530. The van der Waals surface area contributed by atoms with Crippen LogP contribution in [0, 0.1) is 0 Å². The summed E-state index contributed by atoms with van der Waals surface area (Å²) in [5, 5.41) is 0. The summed E-state index contributed by atoms with van der Waals surface area (Å²) in [4.78, 5) is 4.51. The Morgan fingerprint density at radius 2 is 2.27 bits per heavy atom. The standard InChI is InChI=1S/C12H14N2O/c13-7-6-8-2-1-3-10-11(8)15-12(14-10)9-4-5-9/h1-3,9H,4-7,13H2. The first-order chi connectivity index (χ1) is 7.38. The van der Waals surface area contributed by atoms with Gasteiger partial charge in [-0.25, -0.2) is 4.98 Å². The summed E-state index contributed by atoms with van der Waals surface area (Å²) in [5.41, 5.74) is 8.65. The third kappa shape index (κ3) is 1.53. The van der Waals surface area contributed by atoms with Gasteiger partial charge in [-0.2, -0.15) is 0 Å². The summed E-state index contributed by atoms with van der Waals surface area (Å²) in [7, 11) is 0. The molecule has 3 heteroatoms. The first-order valence-corrected chi connectivity index (χ1v) is 5.47. The maximum Gasteiger partial charge on any atom is 0.198 e. The molecule has 1 aliphatic carbocycles. The number of oxazole rings is 1. The molecule has 2 N–H and O–H groups in total. The lowest BCUT2D eigenvalue weighted by Crippen LogP contribution is -2.02. The van der Waals surface area contributed by atoms with E-state index < -0.39 is 0 Å². The van der Waals surface area contributed by atoms with Crippen molar-refractivity contribution in [1.82, 2.24) is 4.98 Å². The number of hydrogen-bond acceptors (Lipinski definition) is 3. The zero-order valence-electron chi connectivity index (χ0n) is 8.57. The molecule has 1 saturated carbocycles. The molecule has 1 aliphatic rings. The first kappa shape index (κ1) is 8.92. The van der Waals surface area contributed by atoms with Gasteiger partial charge in [0.05, 0.1) is 0 Å². The monoisotopic (exact) mass is 202 g/mol. The van der Waals surface area contributed by atoms with E-state index in [0.717, 1.165) is 23.4 Å². The minimum absolute atomic E-state index is 0.572. The van der Waals surface area contributed by atoms with Crippen LogP contribution in [0.1, 0.15) is 30.2 Å². The molecule has 78 valence electrons. The largest absolute Gasteiger partial charge is 0.440 e. The molecule has 1 heterocycles. The van der Waals surface area contributed by atoms with Gasteiger partial charge in [-0.1, -0.05) is 12.1 Å². The second-order valence-corrected chi connectivity index (χ2v) is 4.13. The summed E-state index contributed by atoms with van der Waals surface area (Å²) >= 11 is 0. The molecule has 0 saturated heterocycles. The predicted octanol–water partition coefficient (Wildman–Crippen LogP) is 2.21. The normalized spacial score (nSPS) is 16.1. The average molecular weight is 202 g/mol. The Balaban J connectivity index is 2.11. The molecule has 3 rings (SSSR count). The fourth-order valence-corrected chi connectivity index (χ4v) is 1.88. The zero-order chi connectivity index (χ0) is 10.3. The average Bonchev–Trinajstić information content (AvgIpc) is 2.99. The van der Waals surface area contributed by atoms with Crippen molar-refractivity contribution in [2.45, 2.75) is 25.2 Å². The fraction of sp³-hybridized carbons (Fsp3) is 0.417. The molecule has 15 heavy (non-hydrogen) atoms. The van der Waals surface area contributed by atoms with E-state index in [9.17, 15) is 0 Å². The van der Waals surface area contributed by atoms with Gasteiger partial charge in [0, 0.05) is 5.92 Å². The van der Waals surface area contributed by atoms with Crippen molar-refractivity contribution in [2.24, 2.45) is 5.73 Å². The molecule has 0 atom stereocenters. The van der Waals surface area contributed by atoms with Crippen LogP contribution in [-0.2, 0) is 6.42 Å². The van der Waals surface area contributed by atoms with Gasteiger partial charge in [0.1, 0.15) is 5.52 Å². The molecule has 1 aromatic heterocycles. The van der Waals surface area contributed by atoms with E-state index in [4.69, 9.17) is 10.2 Å². The van der Waals surface area contributed by atoms with Crippen molar-refractivity contribution in [3.63, 3.8) is 0 Å². The number of rotatable bonds is 3. The zero-order valence-corrected chi connectivity index (χ0v) is 8.57. The number of hydrogen-bond donors (Lipinski definition) is 1. The molecular weight excluding hydrogens is 188 g/mol. The summed E-state index contributed by atoms with van der Waals surface area (Å²) in [6.45, 7) is 0.651. The Morgan fingerprint density at radius 3 is 3.00 bits per heavy atom. The highest BCUT2D eigenvalue weighted by Gasteiger charge is 2.29. The van der Waals surface area contributed by atoms with Crippen LogP contribution >= 0.6 is 0 Å². The Labute approximate surface area is 88.3 Å². The van der Waals surface area contributed by atoms with Crippen LogP contribution in [0.5, 0.6) is 0 Å². The van der Waals surface area contributed by atoms with Crippen LogP contribution in [0.4, 0.5) is 0 Å². The molecule has 1 fully saturated rings. The van der Waals surface area contributed by atoms with Gasteiger partial charge < -0.3 is 10.2 Å². The number of benzene rings is 1. The summed E-state index contributed by atoms with van der Waals surface area (Å²) in [6, 6.07) is 6.09. The highest BCUT2D eigenvalue weighted by atomic mass is 16.3. The Bertz CT molecular complexity index is 485. The minimum Gasteiger partial charge on any atom is -0.440 e. The molecule has 0 radical (unpaired) electrons. The van der Waals surface area contributed by atoms with Gasteiger partial charge in [-0.15, -0.1) is 0 Å². The van der Waals surface area contributed by atoms with Crippen LogP contribution in [-0.4, -0.2) is 11.5 Å². The maximum atomic E-state index is 5.81. The van der Waals surface area contributed by atoms with E-state index in [0.29, 0.717) is 12.5 Å². The first-order valence-electron chi connectivity index (χ1n) is 5.47. The lowest BCUT2D eigenvalue weighted by Gasteiger charge is -1.97. The van der Waals surface area contributed by atoms with E-state index in [1.807, 2.05) is 12.1 Å². The quantitative estimate of drug-likeness (QED) is 0.830. The van der Waals surface area contributed by atoms with Crippen LogP contribution in [0.15, 0.2) is 22.6 Å². The molecule has 2 aromatic rings. The smallest absolute Gasteiger partial charge is 0.198 e. The predicted molar refractivity (Wildman–Crippen MR) is 58.7 cm³/mol. The van der Waals surface area contributed by atoms with Crippen molar-refractivity contribution in [3.8, 4) is 0 Å². The third-order valence-electron chi connectivity index (χ3n) is 2.85. The van der Waals surface area contributed by atoms with Crippen molar-refractivity contribution in [1.29, 1.82) is 0 Å².